The summed E-state index contributed by atoms with van der Waals surface area (Å²) >= 11 is 13.7. The van der Waals surface area contributed by atoms with E-state index in [0.29, 0.717) is 39.1 Å². The van der Waals surface area contributed by atoms with Crippen LogP contribution in [0.25, 0.3) is 5.57 Å². The van der Waals surface area contributed by atoms with Crippen molar-refractivity contribution in [1.29, 1.82) is 0 Å². The minimum absolute atomic E-state index is 0.103. The molecule has 1 heterocycles. The van der Waals surface area contributed by atoms with Gasteiger partial charge in [-0.05, 0) is 44.5 Å². The highest BCUT2D eigenvalue weighted by Crippen LogP contribution is 2.41. The quantitative estimate of drug-likeness (QED) is 0.384. The zero-order chi connectivity index (χ0) is 21.0. The predicted molar refractivity (Wildman–Crippen MR) is 118 cm³/mol. The van der Waals surface area contributed by atoms with Crippen LogP contribution in [0, 0.1) is 0 Å². The Morgan fingerprint density at radius 1 is 1.03 bits per heavy atom. The fourth-order valence-corrected chi connectivity index (χ4v) is 4.46. The highest BCUT2D eigenvalue weighted by molar-refractivity contribution is 8.04. The molecule has 0 fully saturated rings. The van der Waals surface area contributed by atoms with Crippen LogP contribution >= 0.6 is 35.0 Å². The third kappa shape index (κ3) is 5.23. The Balaban J connectivity index is 1.93. The third-order valence-electron chi connectivity index (χ3n) is 4.27. The second-order valence-corrected chi connectivity index (χ2v) is 8.71. The van der Waals surface area contributed by atoms with Gasteiger partial charge in [0.25, 0.3) is 11.8 Å². The van der Waals surface area contributed by atoms with Crippen molar-refractivity contribution >= 4 is 52.4 Å². The molecule has 7 heteroatoms. The Labute approximate surface area is 184 Å². The molecule has 0 unspecified atom stereocenters. The van der Waals surface area contributed by atoms with Crippen molar-refractivity contribution < 1.29 is 14.3 Å². The van der Waals surface area contributed by atoms with Crippen molar-refractivity contribution in [2.75, 3.05) is 13.2 Å². The van der Waals surface area contributed by atoms with E-state index in [1.807, 2.05) is 44.2 Å². The fraction of sp³-hybridized carbons (Fsp3) is 0.273. The van der Waals surface area contributed by atoms with Gasteiger partial charge in [0.05, 0.1) is 21.6 Å². The van der Waals surface area contributed by atoms with E-state index in [2.05, 4.69) is 0 Å². The fourth-order valence-electron chi connectivity index (χ4n) is 2.93. The van der Waals surface area contributed by atoms with Crippen LogP contribution in [0.2, 0.25) is 10.0 Å². The molecule has 1 aliphatic heterocycles. The van der Waals surface area contributed by atoms with Crippen molar-refractivity contribution in [3.05, 3.63) is 69.0 Å². The van der Waals surface area contributed by atoms with Crippen LogP contribution in [0.5, 0.6) is 0 Å². The molecule has 0 saturated carbocycles. The molecule has 0 saturated heterocycles. The van der Waals surface area contributed by atoms with Crippen molar-refractivity contribution in [3.63, 3.8) is 0 Å². The lowest BCUT2D eigenvalue weighted by atomic mass is 10.1. The Kier molecular flexibility index (Phi) is 7.41. The molecule has 1 aliphatic rings. The first-order valence-electron chi connectivity index (χ1n) is 9.29. The van der Waals surface area contributed by atoms with Gasteiger partial charge in [-0.25, -0.2) is 0 Å². The second kappa shape index (κ2) is 9.81. The Morgan fingerprint density at radius 2 is 1.76 bits per heavy atom. The molecule has 0 aromatic heterocycles. The smallest absolute Gasteiger partial charge is 0.268 e. The molecule has 4 nitrogen and oxygen atoms in total. The Bertz CT molecular complexity index is 944. The molecule has 0 atom stereocenters. The third-order valence-corrected chi connectivity index (χ3v) is 5.90. The summed E-state index contributed by atoms with van der Waals surface area (Å²) in [6, 6.07) is 14.4. The van der Waals surface area contributed by atoms with Gasteiger partial charge in [0.15, 0.2) is 0 Å². The number of carbonyl (C=O) groups is 2. The van der Waals surface area contributed by atoms with Gasteiger partial charge >= 0.3 is 0 Å². The van der Waals surface area contributed by atoms with E-state index < -0.39 is 0 Å². The van der Waals surface area contributed by atoms with Crippen molar-refractivity contribution in [3.8, 4) is 0 Å². The number of carbonyl (C=O) groups excluding carboxylic acids is 2. The number of imide groups is 1. The molecular formula is C22H21Cl2NO3S. The highest BCUT2D eigenvalue weighted by atomic mass is 35.5. The van der Waals surface area contributed by atoms with Gasteiger partial charge in [0.2, 0.25) is 0 Å². The van der Waals surface area contributed by atoms with E-state index >= 15 is 0 Å². The van der Waals surface area contributed by atoms with Crippen molar-refractivity contribution in [1.82, 2.24) is 4.90 Å². The van der Waals surface area contributed by atoms with E-state index in [1.54, 1.807) is 18.2 Å². The molecule has 2 aromatic rings. The lowest BCUT2D eigenvalue weighted by Gasteiger charge is -2.16. The summed E-state index contributed by atoms with van der Waals surface area (Å²) in [5.41, 5.74) is 0.823. The minimum atomic E-state index is -0.345. The summed E-state index contributed by atoms with van der Waals surface area (Å²) in [5, 5.41) is 0.806. The predicted octanol–water partition coefficient (Wildman–Crippen LogP) is 5.68. The van der Waals surface area contributed by atoms with Gasteiger partial charge in [-0.1, -0.05) is 59.2 Å². The number of hydrogen-bond donors (Lipinski definition) is 0. The number of amides is 2. The molecular weight excluding hydrogens is 429 g/mol. The van der Waals surface area contributed by atoms with Crippen LogP contribution in [0.15, 0.2) is 58.3 Å². The van der Waals surface area contributed by atoms with E-state index in [0.717, 1.165) is 4.90 Å². The molecule has 0 radical (unpaired) electrons. The minimum Gasteiger partial charge on any atom is -0.379 e. The molecule has 2 aromatic carbocycles. The van der Waals surface area contributed by atoms with Crippen LogP contribution < -0.4 is 0 Å². The van der Waals surface area contributed by atoms with Gasteiger partial charge in [0.1, 0.15) is 0 Å². The van der Waals surface area contributed by atoms with Crippen LogP contribution in [-0.2, 0) is 14.3 Å². The van der Waals surface area contributed by atoms with E-state index in [-0.39, 0.29) is 24.5 Å². The second-order valence-electron chi connectivity index (χ2n) is 6.78. The van der Waals surface area contributed by atoms with Crippen LogP contribution in [0.1, 0.15) is 25.8 Å². The summed E-state index contributed by atoms with van der Waals surface area (Å²) in [6.45, 7) is 4.66. The summed E-state index contributed by atoms with van der Waals surface area (Å²) in [4.78, 5) is 28.8. The molecule has 3 rings (SSSR count). The van der Waals surface area contributed by atoms with E-state index in [1.165, 1.54) is 16.7 Å². The zero-order valence-corrected chi connectivity index (χ0v) is 18.5. The van der Waals surface area contributed by atoms with Gasteiger partial charge in [-0.15, -0.1) is 0 Å². The number of halogens is 2. The standard InChI is InChI=1S/C22H21Cl2NO3S/c1-14(2)28-12-6-11-25-21(26)19(17-10-9-15(23)13-18(17)24)20(22(25)27)29-16-7-4-3-5-8-16/h3-5,7-10,13-14H,6,11-12H2,1-2H3. The number of hydrogen-bond acceptors (Lipinski definition) is 4. The van der Waals surface area contributed by atoms with Gasteiger partial charge in [-0.3, -0.25) is 14.5 Å². The first-order chi connectivity index (χ1) is 13.9. The first-order valence-corrected chi connectivity index (χ1v) is 10.9. The maximum Gasteiger partial charge on any atom is 0.268 e. The van der Waals surface area contributed by atoms with Crippen molar-refractivity contribution in [2.24, 2.45) is 0 Å². The Morgan fingerprint density at radius 3 is 2.41 bits per heavy atom. The van der Waals surface area contributed by atoms with Gasteiger partial charge < -0.3 is 4.74 Å². The molecule has 0 aliphatic carbocycles. The molecule has 0 bridgehead atoms. The number of thioether (sulfide) groups is 1. The summed E-state index contributed by atoms with van der Waals surface area (Å²) in [6.07, 6.45) is 0.673. The average Bonchev–Trinajstić information content (AvgIpc) is 2.90. The number of rotatable bonds is 8. The normalized spacial score (nSPS) is 14.4. The first kappa shape index (κ1) is 21.9. The summed E-state index contributed by atoms with van der Waals surface area (Å²) in [7, 11) is 0. The molecule has 0 spiro atoms. The topological polar surface area (TPSA) is 46.6 Å². The summed E-state index contributed by atoms with van der Waals surface area (Å²) < 4.78 is 5.53. The lowest BCUT2D eigenvalue weighted by Crippen LogP contribution is -2.33. The Hall–Kier alpha value is -1.79. The molecule has 29 heavy (non-hydrogen) atoms. The lowest BCUT2D eigenvalue weighted by molar-refractivity contribution is -0.136. The molecule has 2 amide bonds. The van der Waals surface area contributed by atoms with Crippen LogP contribution in [0.4, 0.5) is 0 Å². The van der Waals surface area contributed by atoms with Crippen LogP contribution in [0.3, 0.4) is 0 Å². The van der Waals surface area contributed by atoms with E-state index in [9.17, 15) is 9.59 Å². The SMILES string of the molecule is CC(C)OCCCN1C(=O)C(Sc2ccccc2)=C(c2ccc(Cl)cc2Cl)C1=O. The number of nitrogens with zero attached hydrogens (tertiary/aromatic N) is 1. The number of benzene rings is 2. The molecule has 0 N–H and O–H groups in total. The summed E-state index contributed by atoms with van der Waals surface area (Å²) in [5.74, 6) is -0.656. The maximum absolute atomic E-state index is 13.2. The van der Waals surface area contributed by atoms with Crippen LogP contribution in [-0.4, -0.2) is 36.0 Å². The van der Waals surface area contributed by atoms with Gasteiger partial charge in [0, 0.05) is 28.6 Å². The monoisotopic (exact) mass is 449 g/mol. The zero-order valence-electron chi connectivity index (χ0n) is 16.2. The van der Waals surface area contributed by atoms with E-state index in [4.69, 9.17) is 27.9 Å². The largest absolute Gasteiger partial charge is 0.379 e. The van der Waals surface area contributed by atoms with Crippen molar-refractivity contribution in [2.45, 2.75) is 31.3 Å². The maximum atomic E-state index is 13.2. The highest BCUT2D eigenvalue weighted by Gasteiger charge is 2.39. The van der Waals surface area contributed by atoms with Gasteiger partial charge in [-0.2, -0.15) is 0 Å². The molecule has 152 valence electrons. The average molecular weight is 450 g/mol. The number of ether oxygens (including phenoxy) is 1.